The quantitative estimate of drug-likeness (QED) is 0.514. The van der Waals surface area contributed by atoms with Crippen molar-refractivity contribution in [3.63, 3.8) is 0 Å². The molecular weight excluding hydrogens is 328 g/mol. The average Bonchev–Trinajstić information content (AvgIpc) is 3.05. The molecule has 0 radical (unpaired) electrons. The summed E-state index contributed by atoms with van der Waals surface area (Å²) in [4.78, 5) is 27.4. The van der Waals surface area contributed by atoms with Crippen molar-refractivity contribution in [1.29, 1.82) is 0 Å². The SMILES string of the molecule is NC(=O)[C@H](Cc1c[nH]c2ccccc12)NC(=O)[C@H](N)Cc1ccccc1. The summed E-state index contributed by atoms with van der Waals surface area (Å²) < 4.78 is 0. The number of hydrogen-bond acceptors (Lipinski definition) is 3. The van der Waals surface area contributed by atoms with Gasteiger partial charge in [-0.25, -0.2) is 0 Å². The molecule has 1 aromatic heterocycles. The molecule has 6 N–H and O–H groups in total. The number of nitrogens with two attached hydrogens (primary N) is 2. The van der Waals surface area contributed by atoms with Gasteiger partial charge in [-0.1, -0.05) is 48.5 Å². The third kappa shape index (κ3) is 4.10. The lowest BCUT2D eigenvalue weighted by molar-refractivity contribution is -0.128. The molecule has 1 heterocycles. The summed E-state index contributed by atoms with van der Waals surface area (Å²) >= 11 is 0. The first-order valence-corrected chi connectivity index (χ1v) is 8.49. The lowest BCUT2D eigenvalue weighted by Crippen LogP contribution is -2.51. The highest BCUT2D eigenvalue weighted by molar-refractivity contribution is 5.90. The van der Waals surface area contributed by atoms with E-state index >= 15 is 0 Å². The summed E-state index contributed by atoms with van der Waals surface area (Å²) in [5, 5.41) is 3.69. The molecule has 6 nitrogen and oxygen atoms in total. The van der Waals surface area contributed by atoms with Crippen LogP contribution in [0.25, 0.3) is 10.9 Å². The molecule has 0 aliphatic rings. The molecule has 134 valence electrons. The van der Waals surface area contributed by atoms with Gasteiger partial charge in [-0.2, -0.15) is 0 Å². The molecule has 2 atom stereocenters. The summed E-state index contributed by atoms with van der Waals surface area (Å²) in [6, 6.07) is 15.7. The first-order valence-electron chi connectivity index (χ1n) is 8.49. The van der Waals surface area contributed by atoms with E-state index in [1.54, 1.807) is 0 Å². The van der Waals surface area contributed by atoms with E-state index in [1.807, 2.05) is 60.8 Å². The minimum absolute atomic E-state index is 0.309. The van der Waals surface area contributed by atoms with Crippen LogP contribution >= 0.6 is 0 Å². The second kappa shape index (κ2) is 7.84. The lowest BCUT2D eigenvalue weighted by atomic mass is 10.0. The van der Waals surface area contributed by atoms with Gasteiger partial charge in [0.15, 0.2) is 0 Å². The van der Waals surface area contributed by atoms with E-state index in [0.29, 0.717) is 12.8 Å². The van der Waals surface area contributed by atoms with Gasteiger partial charge >= 0.3 is 0 Å². The summed E-state index contributed by atoms with van der Waals surface area (Å²) in [7, 11) is 0. The summed E-state index contributed by atoms with van der Waals surface area (Å²) in [6.45, 7) is 0. The topological polar surface area (TPSA) is 114 Å². The van der Waals surface area contributed by atoms with Gasteiger partial charge in [0.1, 0.15) is 6.04 Å². The number of fused-ring (bicyclic) bond motifs is 1. The molecule has 0 bridgehead atoms. The first kappa shape index (κ1) is 17.7. The predicted molar refractivity (Wildman–Crippen MR) is 101 cm³/mol. The number of aromatic nitrogens is 1. The molecule has 0 aliphatic carbocycles. The molecular formula is C20H22N4O2. The Morgan fingerprint density at radius 3 is 2.42 bits per heavy atom. The van der Waals surface area contributed by atoms with Gasteiger partial charge in [0.25, 0.3) is 0 Å². The van der Waals surface area contributed by atoms with E-state index in [1.165, 1.54) is 0 Å². The number of carbonyl (C=O) groups is 2. The fourth-order valence-electron chi connectivity index (χ4n) is 2.98. The number of rotatable bonds is 7. The van der Waals surface area contributed by atoms with Crippen LogP contribution < -0.4 is 16.8 Å². The fourth-order valence-corrected chi connectivity index (χ4v) is 2.98. The minimum Gasteiger partial charge on any atom is -0.368 e. The number of primary amides is 1. The van der Waals surface area contributed by atoms with Crippen LogP contribution in [0.1, 0.15) is 11.1 Å². The third-order valence-corrected chi connectivity index (χ3v) is 4.39. The fraction of sp³-hybridized carbons (Fsp3) is 0.200. The standard InChI is InChI=1S/C20H22N4O2/c21-16(10-13-6-2-1-3-7-13)20(26)24-18(19(22)25)11-14-12-23-17-9-5-4-8-15(14)17/h1-9,12,16,18,23H,10-11,21H2,(H2,22,25)(H,24,26)/t16-,18+/m1/s1. The van der Waals surface area contributed by atoms with Crippen LogP contribution in [0.3, 0.4) is 0 Å². The molecule has 0 unspecified atom stereocenters. The summed E-state index contributed by atoms with van der Waals surface area (Å²) in [6.07, 6.45) is 2.53. The van der Waals surface area contributed by atoms with Crippen LogP contribution in [0.5, 0.6) is 0 Å². The van der Waals surface area contributed by atoms with Crippen molar-refractivity contribution in [1.82, 2.24) is 10.3 Å². The Bertz CT molecular complexity index is 904. The highest BCUT2D eigenvalue weighted by Crippen LogP contribution is 2.19. The lowest BCUT2D eigenvalue weighted by Gasteiger charge is -2.18. The second-order valence-electron chi connectivity index (χ2n) is 6.32. The maximum absolute atomic E-state index is 12.4. The van der Waals surface area contributed by atoms with E-state index in [0.717, 1.165) is 22.0 Å². The van der Waals surface area contributed by atoms with Crippen molar-refractivity contribution in [2.45, 2.75) is 24.9 Å². The van der Waals surface area contributed by atoms with Crippen LogP contribution in [0, 0.1) is 0 Å². The molecule has 3 aromatic rings. The largest absolute Gasteiger partial charge is 0.368 e. The van der Waals surface area contributed by atoms with Crippen LogP contribution in [0.2, 0.25) is 0 Å². The highest BCUT2D eigenvalue weighted by Gasteiger charge is 2.23. The Balaban J connectivity index is 1.68. The summed E-state index contributed by atoms with van der Waals surface area (Å²) in [5.41, 5.74) is 14.3. The Hall–Kier alpha value is -3.12. The van der Waals surface area contributed by atoms with Crippen molar-refractivity contribution >= 4 is 22.7 Å². The molecule has 2 amide bonds. The van der Waals surface area contributed by atoms with E-state index in [9.17, 15) is 9.59 Å². The van der Waals surface area contributed by atoms with Crippen LogP contribution in [-0.2, 0) is 22.4 Å². The zero-order chi connectivity index (χ0) is 18.5. The number of carbonyl (C=O) groups excluding carboxylic acids is 2. The van der Waals surface area contributed by atoms with Crippen molar-refractivity contribution in [2.75, 3.05) is 0 Å². The zero-order valence-electron chi connectivity index (χ0n) is 14.3. The van der Waals surface area contributed by atoms with Gasteiger partial charge in [0, 0.05) is 23.5 Å². The third-order valence-electron chi connectivity index (χ3n) is 4.39. The number of H-pyrrole nitrogens is 1. The Labute approximate surface area is 151 Å². The van der Waals surface area contributed by atoms with Gasteiger partial charge in [-0.15, -0.1) is 0 Å². The maximum Gasteiger partial charge on any atom is 0.240 e. The van der Waals surface area contributed by atoms with Gasteiger partial charge in [-0.05, 0) is 23.6 Å². The van der Waals surface area contributed by atoms with Crippen molar-refractivity contribution in [3.05, 3.63) is 71.9 Å². The average molecular weight is 350 g/mol. The number of aromatic amines is 1. The maximum atomic E-state index is 12.4. The number of nitrogens with one attached hydrogen (secondary N) is 2. The smallest absolute Gasteiger partial charge is 0.240 e. The van der Waals surface area contributed by atoms with Crippen molar-refractivity contribution < 1.29 is 9.59 Å². The number of amides is 2. The van der Waals surface area contributed by atoms with Gasteiger partial charge in [-0.3, -0.25) is 9.59 Å². The van der Waals surface area contributed by atoms with Crippen molar-refractivity contribution in [2.24, 2.45) is 11.5 Å². The second-order valence-corrected chi connectivity index (χ2v) is 6.32. The Morgan fingerprint density at radius 1 is 1.00 bits per heavy atom. The molecule has 0 aliphatic heterocycles. The molecule has 0 spiro atoms. The van der Waals surface area contributed by atoms with Gasteiger partial charge < -0.3 is 21.8 Å². The molecule has 0 saturated heterocycles. The van der Waals surface area contributed by atoms with Crippen molar-refractivity contribution in [3.8, 4) is 0 Å². The van der Waals surface area contributed by atoms with Gasteiger partial charge in [0.2, 0.25) is 11.8 Å². The van der Waals surface area contributed by atoms with E-state index in [4.69, 9.17) is 11.5 Å². The van der Waals surface area contributed by atoms with E-state index in [-0.39, 0.29) is 0 Å². The van der Waals surface area contributed by atoms with Crippen LogP contribution in [0.15, 0.2) is 60.8 Å². The van der Waals surface area contributed by atoms with Crippen LogP contribution in [-0.4, -0.2) is 28.9 Å². The predicted octanol–water partition coefficient (Wildman–Crippen LogP) is 1.25. The van der Waals surface area contributed by atoms with Gasteiger partial charge in [0.05, 0.1) is 6.04 Å². The van der Waals surface area contributed by atoms with E-state index in [2.05, 4.69) is 10.3 Å². The first-order chi connectivity index (χ1) is 12.5. The van der Waals surface area contributed by atoms with Crippen LogP contribution in [0.4, 0.5) is 0 Å². The Kier molecular flexibility index (Phi) is 5.34. The molecule has 2 aromatic carbocycles. The number of para-hydroxylation sites is 1. The molecule has 3 rings (SSSR count). The molecule has 0 fully saturated rings. The summed E-state index contributed by atoms with van der Waals surface area (Å²) in [5.74, 6) is -0.979. The molecule has 0 saturated carbocycles. The van der Waals surface area contributed by atoms with E-state index < -0.39 is 23.9 Å². The minimum atomic E-state index is -0.816. The molecule has 6 heteroatoms. The zero-order valence-corrected chi connectivity index (χ0v) is 14.3. The number of benzene rings is 2. The Morgan fingerprint density at radius 2 is 1.69 bits per heavy atom. The highest BCUT2D eigenvalue weighted by atomic mass is 16.2. The molecule has 26 heavy (non-hydrogen) atoms. The number of hydrogen-bond donors (Lipinski definition) is 4. The normalized spacial score (nSPS) is 13.3. The monoisotopic (exact) mass is 350 g/mol.